The van der Waals surface area contributed by atoms with Crippen molar-refractivity contribution in [3.8, 4) is 0 Å². The highest BCUT2D eigenvalue weighted by Crippen LogP contribution is 2.24. The second-order valence-corrected chi connectivity index (χ2v) is 4.29. The summed E-state index contributed by atoms with van der Waals surface area (Å²) >= 11 is 0. The SMILES string of the molecule is CCc1cc(C)cc(C=NC2CC2)c1N. The van der Waals surface area contributed by atoms with Gasteiger partial charge in [0.2, 0.25) is 0 Å². The third kappa shape index (κ3) is 2.38. The highest BCUT2D eigenvalue weighted by atomic mass is 14.8. The van der Waals surface area contributed by atoms with E-state index in [9.17, 15) is 0 Å². The van der Waals surface area contributed by atoms with E-state index in [1.165, 1.54) is 24.0 Å². The topological polar surface area (TPSA) is 38.4 Å². The van der Waals surface area contributed by atoms with Crippen molar-refractivity contribution in [2.24, 2.45) is 4.99 Å². The largest absolute Gasteiger partial charge is 0.398 e. The molecule has 0 radical (unpaired) electrons. The van der Waals surface area contributed by atoms with Crippen molar-refractivity contribution in [3.63, 3.8) is 0 Å². The molecule has 0 bridgehead atoms. The molecule has 15 heavy (non-hydrogen) atoms. The first kappa shape index (κ1) is 10.2. The highest BCUT2D eigenvalue weighted by molar-refractivity contribution is 5.88. The van der Waals surface area contributed by atoms with E-state index < -0.39 is 0 Å². The van der Waals surface area contributed by atoms with Gasteiger partial charge in [-0.3, -0.25) is 4.99 Å². The minimum Gasteiger partial charge on any atom is -0.398 e. The molecule has 0 atom stereocenters. The maximum Gasteiger partial charge on any atom is 0.0501 e. The molecule has 1 aliphatic rings. The highest BCUT2D eigenvalue weighted by Gasteiger charge is 2.19. The molecule has 0 unspecified atom stereocenters. The molecule has 0 amide bonds. The van der Waals surface area contributed by atoms with Gasteiger partial charge in [0.25, 0.3) is 0 Å². The number of benzene rings is 1. The van der Waals surface area contributed by atoms with Gasteiger partial charge in [-0.05, 0) is 37.8 Å². The Morgan fingerprint density at radius 1 is 1.47 bits per heavy atom. The molecular weight excluding hydrogens is 184 g/mol. The first-order chi connectivity index (χ1) is 7.20. The van der Waals surface area contributed by atoms with Gasteiger partial charge in [0.05, 0.1) is 6.04 Å². The zero-order valence-electron chi connectivity index (χ0n) is 9.46. The van der Waals surface area contributed by atoms with Crippen LogP contribution in [-0.4, -0.2) is 12.3 Å². The maximum atomic E-state index is 6.08. The van der Waals surface area contributed by atoms with Gasteiger partial charge in [0.1, 0.15) is 0 Å². The lowest BCUT2D eigenvalue weighted by atomic mass is 10.0. The third-order valence-corrected chi connectivity index (χ3v) is 2.79. The van der Waals surface area contributed by atoms with Gasteiger partial charge in [0, 0.05) is 17.5 Å². The zero-order chi connectivity index (χ0) is 10.8. The number of nitrogen functional groups attached to an aromatic ring is 1. The molecule has 2 rings (SSSR count). The fraction of sp³-hybridized carbons (Fsp3) is 0.462. The smallest absolute Gasteiger partial charge is 0.0501 e. The second-order valence-electron chi connectivity index (χ2n) is 4.29. The molecule has 0 aromatic heterocycles. The first-order valence-electron chi connectivity index (χ1n) is 5.63. The number of hydrogen-bond acceptors (Lipinski definition) is 2. The molecule has 1 aliphatic carbocycles. The second kappa shape index (κ2) is 4.05. The van der Waals surface area contributed by atoms with E-state index in [0.717, 1.165) is 17.7 Å². The third-order valence-electron chi connectivity index (χ3n) is 2.79. The van der Waals surface area contributed by atoms with Gasteiger partial charge >= 0.3 is 0 Å². The molecule has 0 heterocycles. The Morgan fingerprint density at radius 2 is 2.20 bits per heavy atom. The molecule has 1 saturated carbocycles. The summed E-state index contributed by atoms with van der Waals surface area (Å²) in [5, 5.41) is 0. The lowest BCUT2D eigenvalue weighted by Gasteiger charge is -2.08. The first-order valence-corrected chi connectivity index (χ1v) is 5.63. The van der Waals surface area contributed by atoms with Crippen molar-refractivity contribution in [2.45, 2.75) is 39.2 Å². The van der Waals surface area contributed by atoms with Crippen molar-refractivity contribution in [2.75, 3.05) is 5.73 Å². The fourth-order valence-corrected chi connectivity index (χ4v) is 1.71. The van der Waals surface area contributed by atoms with Crippen LogP contribution in [0.2, 0.25) is 0 Å². The van der Waals surface area contributed by atoms with E-state index >= 15 is 0 Å². The number of nitrogens with zero attached hydrogens (tertiary/aromatic N) is 1. The van der Waals surface area contributed by atoms with Crippen LogP contribution in [0.3, 0.4) is 0 Å². The Morgan fingerprint density at radius 3 is 2.80 bits per heavy atom. The normalized spacial score (nSPS) is 16.1. The minimum atomic E-state index is 0.565. The molecule has 80 valence electrons. The summed E-state index contributed by atoms with van der Waals surface area (Å²) in [5.74, 6) is 0. The van der Waals surface area contributed by atoms with E-state index in [4.69, 9.17) is 5.73 Å². The van der Waals surface area contributed by atoms with Crippen molar-refractivity contribution in [1.82, 2.24) is 0 Å². The summed E-state index contributed by atoms with van der Waals surface area (Å²) in [7, 11) is 0. The average molecular weight is 202 g/mol. The van der Waals surface area contributed by atoms with Crippen LogP contribution in [0.15, 0.2) is 17.1 Å². The Kier molecular flexibility index (Phi) is 2.76. The number of anilines is 1. The van der Waals surface area contributed by atoms with Gasteiger partial charge in [-0.25, -0.2) is 0 Å². The maximum absolute atomic E-state index is 6.08. The summed E-state index contributed by atoms with van der Waals surface area (Å²) in [6, 6.07) is 4.83. The number of hydrogen-bond donors (Lipinski definition) is 1. The van der Waals surface area contributed by atoms with Crippen LogP contribution >= 0.6 is 0 Å². The number of aliphatic imine (C=N–C) groups is 1. The standard InChI is InChI=1S/C13H18N2/c1-3-10-6-9(2)7-11(13(10)14)8-15-12-4-5-12/h6-8,12H,3-5,14H2,1-2H3. The molecule has 0 spiro atoms. The molecule has 1 aromatic carbocycles. The Balaban J connectivity index is 2.31. The van der Waals surface area contributed by atoms with E-state index in [1.54, 1.807) is 0 Å². The van der Waals surface area contributed by atoms with Crippen LogP contribution in [0, 0.1) is 6.92 Å². The van der Waals surface area contributed by atoms with Gasteiger partial charge in [-0.1, -0.05) is 18.6 Å². The van der Waals surface area contributed by atoms with Gasteiger partial charge in [-0.15, -0.1) is 0 Å². The predicted molar refractivity (Wildman–Crippen MR) is 65.6 cm³/mol. The molecule has 0 saturated heterocycles. The Bertz CT molecular complexity index is 390. The molecular formula is C13H18N2. The summed E-state index contributed by atoms with van der Waals surface area (Å²) in [5.41, 5.74) is 10.5. The van der Waals surface area contributed by atoms with E-state index in [0.29, 0.717) is 6.04 Å². The van der Waals surface area contributed by atoms with E-state index in [1.807, 2.05) is 6.21 Å². The van der Waals surface area contributed by atoms with Crippen LogP contribution in [0.5, 0.6) is 0 Å². The van der Waals surface area contributed by atoms with Gasteiger partial charge in [-0.2, -0.15) is 0 Å². The van der Waals surface area contributed by atoms with E-state index in [-0.39, 0.29) is 0 Å². The molecule has 1 aromatic rings. The Labute approximate surface area is 91.2 Å². The number of rotatable bonds is 3. The van der Waals surface area contributed by atoms with Gasteiger partial charge < -0.3 is 5.73 Å². The average Bonchev–Trinajstić information content (AvgIpc) is 3.02. The van der Waals surface area contributed by atoms with Crippen LogP contribution in [0.1, 0.15) is 36.5 Å². The molecule has 2 N–H and O–H groups in total. The predicted octanol–water partition coefficient (Wildman–Crippen LogP) is 2.72. The lowest BCUT2D eigenvalue weighted by Crippen LogP contribution is -2.00. The summed E-state index contributed by atoms with van der Waals surface area (Å²) < 4.78 is 0. The fourth-order valence-electron chi connectivity index (χ4n) is 1.71. The van der Waals surface area contributed by atoms with Crippen molar-refractivity contribution in [1.29, 1.82) is 0 Å². The minimum absolute atomic E-state index is 0.565. The van der Waals surface area contributed by atoms with Crippen LogP contribution in [0.25, 0.3) is 0 Å². The number of nitrogens with two attached hydrogens (primary N) is 1. The molecule has 2 nitrogen and oxygen atoms in total. The molecule has 1 fully saturated rings. The number of aryl methyl sites for hydroxylation is 2. The Hall–Kier alpha value is -1.31. The van der Waals surface area contributed by atoms with Crippen molar-refractivity contribution < 1.29 is 0 Å². The lowest BCUT2D eigenvalue weighted by molar-refractivity contribution is 1.08. The van der Waals surface area contributed by atoms with Crippen LogP contribution in [-0.2, 0) is 6.42 Å². The van der Waals surface area contributed by atoms with Crippen LogP contribution < -0.4 is 5.73 Å². The van der Waals surface area contributed by atoms with Crippen molar-refractivity contribution in [3.05, 3.63) is 28.8 Å². The van der Waals surface area contributed by atoms with Crippen molar-refractivity contribution >= 4 is 11.9 Å². The van der Waals surface area contributed by atoms with E-state index in [2.05, 4.69) is 31.0 Å². The summed E-state index contributed by atoms with van der Waals surface area (Å²) in [6.45, 7) is 4.24. The van der Waals surface area contributed by atoms with Gasteiger partial charge in [0.15, 0.2) is 0 Å². The molecule has 0 aliphatic heterocycles. The van der Waals surface area contributed by atoms with Crippen LogP contribution in [0.4, 0.5) is 5.69 Å². The zero-order valence-corrected chi connectivity index (χ0v) is 9.46. The summed E-state index contributed by atoms with van der Waals surface area (Å²) in [4.78, 5) is 4.48. The molecule has 2 heteroatoms. The quantitative estimate of drug-likeness (QED) is 0.594. The summed E-state index contributed by atoms with van der Waals surface area (Å²) in [6.07, 6.45) is 5.41. The monoisotopic (exact) mass is 202 g/mol.